The number of benzene rings is 2. The molecule has 3 heterocycles. The van der Waals surface area contributed by atoms with E-state index in [1.165, 1.54) is 0 Å². The second-order valence-electron chi connectivity index (χ2n) is 7.70. The molecule has 1 fully saturated rings. The maximum atomic E-state index is 13.2. The Bertz CT molecular complexity index is 1130. The van der Waals surface area contributed by atoms with Crippen molar-refractivity contribution in [1.29, 1.82) is 0 Å². The van der Waals surface area contributed by atoms with Crippen LogP contribution in [0.4, 0.5) is 11.5 Å². The van der Waals surface area contributed by atoms with Crippen LogP contribution in [-0.4, -0.2) is 28.1 Å². The number of carbonyl (C=O) groups is 2. The number of aromatic nitrogens is 2. The molecule has 5 rings (SSSR count). The number of amides is 2. The van der Waals surface area contributed by atoms with Crippen molar-refractivity contribution in [3.05, 3.63) is 71.4 Å². The highest BCUT2D eigenvalue weighted by molar-refractivity contribution is 7.98. The van der Waals surface area contributed by atoms with Crippen molar-refractivity contribution in [1.82, 2.24) is 9.78 Å². The summed E-state index contributed by atoms with van der Waals surface area (Å²) < 4.78 is 1.85. The molecule has 0 saturated carbocycles. The van der Waals surface area contributed by atoms with Gasteiger partial charge in [0.2, 0.25) is 11.8 Å². The van der Waals surface area contributed by atoms with Crippen LogP contribution in [0.15, 0.2) is 54.6 Å². The SMILES string of the molecule is Cc1ccccc1-n1nc2c(c1NC(=O)[C@@H]1CC(=O)N(c3ccccc3)C1)CSC2. The Morgan fingerprint density at radius 3 is 2.67 bits per heavy atom. The van der Waals surface area contributed by atoms with Gasteiger partial charge in [-0.25, -0.2) is 4.68 Å². The third-order valence-electron chi connectivity index (χ3n) is 5.70. The van der Waals surface area contributed by atoms with E-state index in [0.29, 0.717) is 6.54 Å². The van der Waals surface area contributed by atoms with Crippen LogP contribution in [0.25, 0.3) is 5.69 Å². The summed E-state index contributed by atoms with van der Waals surface area (Å²) in [6, 6.07) is 17.5. The largest absolute Gasteiger partial charge is 0.312 e. The summed E-state index contributed by atoms with van der Waals surface area (Å²) in [6.45, 7) is 2.43. The van der Waals surface area contributed by atoms with E-state index in [2.05, 4.69) is 5.32 Å². The zero-order valence-corrected chi connectivity index (χ0v) is 17.5. The molecule has 1 atom stereocenters. The molecule has 0 unspecified atom stereocenters. The lowest BCUT2D eigenvalue weighted by atomic mass is 10.1. The molecule has 0 aliphatic carbocycles. The van der Waals surface area contributed by atoms with Crippen molar-refractivity contribution < 1.29 is 9.59 Å². The van der Waals surface area contributed by atoms with Gasteiger partial charge in [0, 0.05) is 35.7 Å². The van der Waals surface area contributed by atoms with Gasteiger partial charge in [-0.05, 0) is 30.7 Å². The van der Waals surface area contributed by atoms with Gasteiger partial charge in [0.25, 0.3) is 0 Å². The molecule has 2 aliphatic rings. The van der Waals surface area contributed by atoms with E-state index in [1.807, 2.05) is 66.2 Å². The minimum Gasteiger partial charge on any atom is -0.312 e. The first-order valence-corrected chi connectivity index (χ1v) is 11.2. The second-order valence-corrected chi connectivity index (χ2v) is 8.68. The van der Waals surface area contributed by atoms with Crippen molar-refractivity contribution in [2.45, 2.75) is 24.9 Å². The highest BCUT2D eigenvalue weighted by Gasteiger charge is 2.36. The zero-order valence-electron chi connectivity index (χ0n) is 16.7. The van der Waals surface area contributed by atoms with E-state index in [-0.39, 0.29) is 24.2 Å². The summed E-state index contributed by atoms with van der Waals surface area (Å²) >= 11 is 1.80. The lowest BCUT2D eigenvalue weighted by Gasteiger charge is -2.17. The van der Waals surface area contributed by atoms with E-state index in [0.717, 1.165) is 45.5 Å². The minimum absolute atomic E-state index is 0.0189. The quantitative estimate of drug-likeness (QED) is 0.697. The van der Waals surface area contributed by atoms with E-state index < -0.39 is 0 Å². The smallest absolute Gasteiger partial charge is 0.230 e. The monoisotopic (exact) mass is 418 g/mol. The van der Waals surface area contributed by atoms with E-state index in [4.69, 9.17) is 5.10 Å². The Labute approximate surface area is 179 Å². The fourth-order valence-corrected chi connectivity index (χ4v) is 5.11. The Hall–Kier alpha value is -3.06. The number of fused-ring (bicyclic) bond motifs is 1. The van der Waals surface area contributed by atoms with Gasteiger partial charge in [-0.1, -0.05) is 36.4 Å². The van der Waals surface area contributed by atoms with Gasteiger partial charge >= 0.3 is 0 Å². The van der Waals surface area contributed by atoms with Gasteiger partial charge in [0.05, 0.1) is 17.3 Å². The van der Waals surface area contributed by atoms with Crippen molar-refractivity contribution in [3.63, 3.8) is 0 Å². The molecule has 0 radical (unpaired) electrons. The normalized spacial score (nSPS) is 18.0. The van der Waals surface area contributed by atoms with Gasteiger partial charge < -0.3 is 10.2 Å². The first kappa shape index (κ1) is 18.9. The van der Waals surface area contributed by atoms with E-state index >= 15 is 0 Å². The van der Waals surface area contributed by atoms with Crippen molar-refractivity contribution in [2.75, 3.05) is 16.8 Å². The lowest BCUT2D eigenvalue weighted by molar-refractivity contribution is -0.122. The summed E-state index contributed by atoms with van der Waals surface area (Å²) in [5.41, 5.74) is 4.99. The Morgan fingerprint density at radius 1 is 1.10 bits per heavy atom. The maximum absolute atomic E-state index is 13.2. The molecule has 2 aromatic carbocycles. The topological polar surface area (TPSA) is 67.2 Å². The van der Waals surface area contributed by atoms with Gasteiger partial charge in [0.1, 0.15) is 5.82 Å². The lowest BCUT2D eigenvalue weighted by Crippen LogP contribution is -2.28. The first-order chi connectivity index (χ1) is 14.6. The fraction of sp³-hybridized carbons (Fsp3) is 0.261. The molecule has 152 valence electrons. The third kappa shape index (κ3) is 3.29. The molecule has 2 amide bonds. The molecule has 0 bridgehead atoms. The highest BCUT2D eigenvalue weighted by Crippen LogP contribution is 2.37. The Morgan fingerprint density at radius 2 is 1.87 bits per heavy atom. The number of rotatable bonds is 4. The average molecular weight is 419 g/mol. The average Bonchev–Trinajstić information content (AvgIpc) is 3.45. The molecule has 1 saturated heterocycles. The molecule has 0 spiro atoms. The third-order valence-corrected chi connectivity index (χ3v) is 6.67. The van der Waals surface area contributed by atoms with Crippen LogP contribution in [0.1, 0.15) is 23.2 Å². The summed E-state index contributed by atoms with van der Waals surface area (Å²) in [4.78, 5) is 27.4. The second kappa shape index (κ2) is 7.65. The van der Waals surface area contributed by atoms with Gasteiger partial charge in [-0.3, -0.25) is 9.59 Å². The highest BCUT2D eigenvalue weighted by atomic mass is 32.2. The van der Waals surface area contributed by atoms with E-state index in [1.54, 1.807) is 16.7 Å². The molecule has 1 aromatic heterocycles. The van der Waals surface area contributed by atoms with Crippen LogP contribution < -0.4 is 10.2 Å². The van der Waals surface area contributed by atoms with Gasteiger partial charge in [0.15, 0.2) is 0 Å². The summed E-state index contributed by atoms with van der Waals surface area (Å²) in [5, 5.41) is 7.90. The van der Waals surface area contributed by atoms with Crippen LogP contribution in [0.5, 0.6) is 0 Å². The van der Waals surface area contributed by atoms with Crippen molar-refractivity contribution >= 4 is 35.1 Å². The summed E-state index contributed by atoms with van der Waals surface area (Å²) in [7, 11) is 0. The van der Waals surface area contributed by atoms with Crippen LogP contribution in [0, 0.1) is 12.8 Å². The Balaban J connectivity index is 1.42. The molecule has 6 nitrogen and oxygen atoms in total. The first-order valence-electron chi connectivity index (χ1n) is 10.0. The van der Waals surface area contributed by atoms with Crippen LogP contribution in [-0.2, 0) is 21.1 Å². The maximum Gasteiger partial charge on any atom is 0.230 e. The number of nitrogens with one attached hydrogen (secondary N) is 1. The van der Waals surface area contributed by atoms with Gasteiger partial charge in [-0.15, -0.1) is 0 Å². The molecule has 30 heavy (non-hydrogen) atoms. The number of nitrogens with zero attached hydrogens (tertiary/aromatic N) is 3. The molecular weight excluding hydrogens is 396 g/mol. The standard InChI is InChI=1S/C23H22N4O2S/c1-15-7-5-6-10-20(15)27-22(18-13-30-14-19(18)25-27)24-23(29)16-11-21(28)26(12-16)17-8-3-2-4-9-17/h2-10,16H,11-14H2,1H3,(H,24,29)/t16-/m1/s1. The fourth-order valence-electron chi connectivity index (χ4n) is 4.08. The number of para-hydroxylation sites is 2. The predicted molar refractivity (Wildman–Crippen MR) is 119 cm³/mol. The van der Waals surface area contributed by atoms with Crippen LogP contribution in [0.3, 0.4) is 0 Å². The predicted octanol–water partition coefficient (Wildman–Crippen LogP) is 3.92. The summed E-state index contributed by atoms with van der Waals surface area (Å²) in [6.07, 6.45) is 0.218. The number of hydrogen-bond donors (Lipinski definition) is 1. The van der Waals surface area contributed by atoms with Crippen molar-refractivity contribution in [3.8, 4) is 5.69 Å². The molecule has 3 aromatic rings. The van der Waals surface area contributed by atoms with Gasteiger partial charge in [-0.2, -0.15) is 16.9 Å². The van der Waals surface area contributed by atoms with E-state index in [9.17, 15) is 9.59 Å². The minimum atomic E-state index is -0.386. The number of hydrogen-bond acceptors (Lipinski definition) is 4. The van der Waals surface area contributed by atoms with Crippen LogP contribution in [0.2, 0.25) is 0 Å². The summed E-state index contributed by atoms with van der Waals surface area (Å²) in [5.74, 6) is 1.88. The number of anilines is 2. The zero-order chi connectivity index (χ0) is 20.7. The molecule has 1 N–H and O–H groups in total. The number of aryl methyl sites for hydroxylation is 1. The van der Waals surface area contributed by atoms with Crippen LogP contribution >= 0.6 is 11.8 Å². The Kier molecular flexibility index (Phi) is 4.83. The number of thioether (sulfide) groups is 1. The molecular formula is C23H22N4O2S. The number of carbonyl (C=O) groups excluding carboxylic acids is 2. The molecule has 2 aliphatic heterocycles. The molecule has 7 heteroatoms. The van der Waals surface area contributed by atoms with Crippen molar-refractivity contribution in [2.24, 2.45) is 5.92 Å².